The molecule has 0 spiro atoms. The average molecular weight is 392 g/mol. The van der Waals surface area contributed by atoms with Gasteiger partial charge in [0, 0.05) is 26.2 Å². The van der Waals surface area contributed by atoms with E-state index in [1.807, 2.05) is 6.07 Å². The molecule has 0 saturated carbocycles. The number of benzene rings is 1. The number of hydrogen-bond acceptors (Lipinski definition) is 4. The van der Waals surface area contributed by atoms with Gasteiger partial charge in [0.25, 0.3) is 0 Å². The minimum atomic E-state index is -1.78. The molecule has 1 aromatic carbocycles. The van der Waals surface area contributed by atoms with Crippen molar-refractivity contribution in [3.8, 4) is 0 Å². The molecule has 1 saturated heterocycles. The van der Waals surface area contributed by atoms with Crippen LogP contribution in [0.25, 0.3) is 0 Å². The zero-order valence-electron chi connectivity index (χ0n) is 18.1. The second-order valence-electron chi connectivity index (χ2n) is 9.52. The molecule has 0 bridgehead atoms. The summed E-state index contributed by atoms with van der Waals surface area (Å²) in [5.41, 5.74) is 1.28. The maximum Gasteiger partial charge on any atom is 0.310 e. The fourth-order valence-electron chi connectivity index (χ4n) is 3.54. The van der Waals surface area contributed by atoms with Gasteiger partial charge in [-0.15, -0.1) is 0 Å². The Hall–Kier alpha value is -1.17. The fourth-order valence-corrected chi connectivity index (χ4v) is 4.65. The van der Waals surface area contributed by atoms with Gasteiger partial charge in [0.15, 0.2) is 8.32 Å². The van der Waals surface area contributed by atoms with Crippen LogP contribution in [0, 0.1) is 17.8 Å². The minimum absolute atomic E-state index is 0.0725. The van der Waals surface area contributed by atoms with Gasteiger partial charge < -0.3 is 9.16 Å². The van der Waals surface area contributed by atoms with Crippen LogP contribution in [0.2, 0.25) is 18.1 Å². The summed E-state index contributed by atoms with van der Waals surface area (Å²) in [7, 11) is -0.288. The molecular weight excluding hydrogens is 354 g/mol. The number of likely N-dealkylation sites (tertiary alicyclic amines) is 1. The predicted octanol–water partition coefficient (Wildman–Crippen LogP) is 4.57. The molecule has 27 heavy (non-hydrogen) atoms. The second-order valence-corrected chi connectivity index (χ2v) is 14.3. The number of ether oxygens (including phenoxy) is 1. The van der Waals surface area contributed by atoms with Gasteiger partial charge in [-0.3, -0.25) is 9.69 Å². The molecule has 0 radical (unpaired) electrons. The maximum absolute atomic E-state index is 12.4. The molecule has 2 rings (SSSR count). The molecule has 4 nitrogen and oxygen atoms in total. The van der Waals surface area contributed by atoms with Crippen LogP contribution in [0.15, 0.2) is 30.3 Å². The van der Waals surface area contributed by atoms with Crippen LogP contribution < -0.4 is 0 Å². The van der Waals surface area contributed by atoms with Gasteiger partial charge in [0.2, 0.25) is 0 Å². The lowest BCUT2D eigenvalue weighted by Gasteiger charge is -2.38. The highest BCUT2D eigenvalue weighted by atomic mass is 28.4. The van der Waals surface area contributed by atoms with E-state index in [1.165, 1.54) is 12.7 Å². The lowest BCUT2D eigenvalue weighted by molar-refractivity contribution is -0.146. The molecule has 1 aromatic rings. The lowest BCUT2D eigenvalue weighted by atomic mass is 9.85. The number of hydrogen-bond donors (Lipinski definition) is 0. The van der Waals surface area contributed by atoms with E-state index in [9.17, 15) is 4.79 Å². The predicted molar refractivity (Wildman–Crippen MR) is 113 cm³/mol. The highest BCUT2D eigenvalue weighted by Crippen LogP contribution is 2.38. The van der Waals surface area contributed by atoms with Gasteiger partial charge in [0.1, 0.15) is 0 Å². The van der Waals surface area contributed by atoms with Crippen LogP contribution in [0.5, 0.6) is 0 Å². The van der Waals surface area contributed by atoms with Gasteiger partial charge in [-0.05, 0) is 35.5 Å². The number of esters is 1. The SMILES string of the molecule is COC(=O)C1CN(Cc2ccccc2)C[C@@H]1[C@@H](C)CO[Si](C)(C)C(C)(C)C. The van der Waals surface area contributed by atoms with Crippen molar-refractivity contribution in [1.82, 2.24) is 4.90 Å². The minimum Gasteiger partial charge on any atom is -0.469 e. The van der Waals surface area contributed by atoms with E-state index in [0.717, 1.165) is 19.6 Å². The third kappa shape index (κ3) is 5.66. The topological polar surface area (TPSA) is 38.8 Å². The van der Waals surface area contributed by atoms with Crippen molar-refractivity contribution in [2.75, 3.05) is 26.8 Å². The van der Waals surface area contributed by atoms with Crippen molar-refractivity contribution in [3.63, 3.8) is 0 Å². The van der Waals surface area contributed by atoms with Crippen LogP contribution in [-0.4, -0.2) is 46.0 Å². The normalized spacial score (nSPS) is 22.6. The third-order valence-corrected chi connectivity index (χ3v) is 10.9. The molecular formula is C22H37NO3Si. The lowest BCUT2D eigenvalue weighted by Crippen LogP contribution is -2.43. The Morgan fingerprint density at radius 3 is 2.41 bits per heavy atom. The van der Waals surface area contributed by atoms with Crippen molar-refractivity contribution < 1.29 is 14.0 Å². The Morgan fingerprint density at radius 2 is 1.85 bits per heavy atom. The van der Waals surface area contributed by atoms with E-state index in [2.05, 4.69) is 70.0 Å². The molecule has 1 aliphatic heterocycles. The molecule has 1 heterocycles. The summed E-state index contributed by atoms with van der Waals surface area (Å²) in [5.74, 6) is 0.432. The van der Waals surface area contributed by atoms with Crippen LogP contribution >= 0.6 is 0 Å². The molecule has 1 aliphatic rings. The first kappa shape index (κ1) is 22.1. The van der Waals surface area contributed by atoms with E-state index < -0.39 is 8.32 Å². The van der Waals surface area contributed by atoms with Crippen LogP contribution in [-0.2, 0) is 20.5 Å². The first-order chi connectivity index (χ1) is 12.5. The summed E-state index contributed by atoms with van der Waals surface area (Å²) in [5, 5.41) is 0.198. The Bertz CT molecular complexity index is 612. The number of methoxy groups -OCH3 is 1. The highest BCUT2D eigenvalue weighted by Gasteiger charge is 2.43. The van der Waals surface area contributed by atoms with Crippen LogP contribution in [0.4, 0.5) is 0 Å². The summed E-state index contributed by atoms with van der Waals surface area (Å²) in [6.45, 7) is 16.8. The molecule has 0 amide bonds. The molecule has 5 heteroatoms. The monoisotopic (exact) mass is 391 g/mol. The van der Waals surface area contributed by atoms with Crippen molar-refractivity contribution in [1.29, 1.82) is 0 Å². The summed E-state index contributed by atoms with van der Waals surface area (Å²) < 4.78 is 11.6. The molecule has 1 fully saturated rings. The second kappa shape index (κ2) is 8.89. The molecule has 1 unspecified atom stereocenters. The number of carbonyl (C=O) groups is 1. The number of nitrogens with zero attached hydrogens (tertiary/aromatic N) is 1. The maximum atomic E-state index is 12.4. The van der Waals surface area contributed by atoms with Crippen molar-refractivity contribution >= 4 is 14.3 Å². The first-order valence-corrected chi connectivity index (χ1v) is 12.9. The van der Waals surface area contributed by atoms with Gasteiger partial charge in [-0.2, -0.15) is 0 Å². The van der Waals surface area contributed by atoms with Crippen LogP contribution in [0.3, 0.4) is 0 Å². The van der Waals surface area contributed by atoms with Gasteiger partial charge in [-0.1, -0.05) is 58.0 Å². The quantitative estimate of drug-likeness (QED) is 0.504. The van der Waals surface area contributed by atoms with E-state index in [-0.39, 0.29) is 22.8 Å². The zero-order valence-corrected chi connectivity index (χ0v) is 19.1. The number of rotatable bonds is 7. The van der Waals surface area contributed by atoms with Gasteiger partial charge >= 0.3 is 5.97 Å². The Kier molecular flexibility index (Phi) is 7.28. The Labute approximate surface area is 166 Å². The highest BCUT2D eigenvalue weighted by molar-refractivity contribution is 6.74. The summed E-state index contributed by atoms with van der Waals surface area (Å²) >= 11 is 0. The van der Waals surface area contributed by atoms with E-state index >= 15 is 0 Å². The van der Waals surface area contributed by atoms with Crippen molar-refractivity contribution in [2.45, 2.75) is 52.4 Å². The summed E-state index contributed by atoms with van der Waals surface area (Å²) in [6.07, 6.45) is 0. The van der Waals surface area contributed by atoms with Crippen molar-refractivity contribution in [2.24, 2.45) is 17.8 Å². The van der Waals surface area contributed by atoms with Crippen molar-refractivity contribution in [3.05, 3.63) is 35.9 Å². The zero-order chi connectivity index (χ0) is 20.2. The number of carbonyl (C=O) groups excluding carboxylic acids is 1. The Morgan fingerprint density at radius 1 is 1.22 bits per heavy atom. The molecule has 0 aromatic heterocycles. The van der Waals surface area contributed by atoms with E-state index in [1.54, 1.807) is 0 Å². The summed E-state index contributed by atoms with van der Waals surface area (Å²) in [6, 6.07) is 10.5. The third-order valence-electron chi connectivity index (χ3n) is 6.44. The molecule has 0 aliphatic carbocycles. The van der Waals surface area contributed by atoms with E-state index in [4.69, 9.17) is 9.16 Å². The largest absolute Gasteiger partial charge is 0.469 e. The standard InChI is InChI=1S/C22H37NO3Si/c1-17(16-26-27(6,7)22(2,3)4)19-14-23(15-20(19)21(24)25-5)13-18-11-9-8-10-12-18/h8-12,17,19-20H,13-16H2,1-7H3/t17-,19+,20?/m0/s1. The summed E-state index contributed by atoms with van der Waals surface area (Å²) in [4.78, 5) is 14.8. The molecule has 152 valence electrons. The van der Waals surface area contributed by atoms with Gasteiger partial charge in [-0.25, -0.2) is 0 Å². The first-order valence-electron chi connectivity index (χ1n) is 10.0. The Balaban J connectivity index is 2.04. The van der Waals surface area contributed by atoms with E-state index in [0.29, 0.717) is 12.5 Å². The van der Waals surface area contributed by atoms with Gasteiger partial charge in [0.05, 0.1) is 13.0 Å². The molecule has 0 N–H and O–H groups in total. The average Bonchev–Trinajstić information content (AvgIpc) is 3.03. The smallest absolute Gasteiger partial charge is 0.310 e. The van der Waals surface area contributed by atoms with Crippen LogP contribution in [0.1, 0.15) is 33.3 Å². The molecule has 3 atom stereocenters. The fraction of sp³-hybridized carbons (Fsp3) is 0.682.